The van der Waals surface area contributed by atoms with E-state index in [9.17, 15) is 18.0 Å². The number of hydrogen-bond acceptors (Lipinski definition) is 6. The minimum absolute atomic E-state index is 0.0149. The highest BCUT2D eigenvalue weighted by atomic mass is 32.2. The van der Waals surface area contributed by atoms with Gasteiger partial charge in [0, 0.05) is 25.7 Å². The molecule has 0 aliphatic heterocycles. The lowest BCUT2D eigenvalue weighted by atomic mass is 10.1. The second kappa shape index (κ2) is 9.89. The van der Waals surface area contributed by atoms with Crippen molar-refractivity contribution in [3.05, 3.63) is 48.0 Å². The van der Waals surface area contributed by atoms with E-state index in [1.807, 2.05) is 0 Å². The lowest BCUT2D eigenvalue weighted by molar-refractivity contribution is -0.114. The van der Waals surface area contributed by atoms with Gasteiger partial charge in [0.1, 0.15) is 17.1 Å². The van der Waals surface area contributed by atoms with E-state index in [0.29, 0.717) is 17.2 Å². The van der Waals surface area contributed by atoms with Crippen LogP contribution in [0.1, 0.15) is 17.3 Å². The zero-order valence-corrected chi connectivity index (χ0v) is 17.1. The number of nitrogens with one attached hydrogen (secondary N) is 3. The van der Waals surface area contributed by atoms with Crippen LogP contribution in [-0.4, -0.2) is 47.5 Å². The van der Waals surface area contributed by atoms with Gasteiger partial charge in [-0.1, -0.05) is 6.07 Å². The first-order chi connectivity index (χ1) is 13.8. The molecule has 0 radical (unpaired) electrons. The van der Waals surface area contributed by atoms with Gasteiger partial charge in [0.2, 0.25) is 15.9 Å². The van der Waals surface area contributed by atoms with Crippen LogP contribution in [-0.2, 0) is 14.8 Å². The third-order valence-corrected chi connectivity index (χ3v) is 5.32. The molecule has 0 spiro atoms. The predicted octanol–water partition coefficient (Wildman–Crippen LogP) is 1.37. The normalized spacial score (nSPS) is 10.9. The smallest absolute Gasteiger partial charge is 0.258 e. The number of methoxy groups -OCH3 is 2. The zero-order chi connectivity index (χ0) is 21.4. The number of hydrogen-bond donors (Lipinski definition) is 3. The topological polar surface area (TPSA) is 123 Å². The van der Waals surface area contributed by atoms with Crippen molar-refractivity contribution in [3.63, 3.8) is 0 Å². The van der Waals surface area contributed by atoms with Gasteiger partial charge in [-0.15, -0.1) is 0 Å². The van der Waals surface area contributed by atoms with E-state index < -0.39 is 15.9 Å². The molecule has 9 nitrogen and oxygen atoms in total. The first kappa shape index (κ1) is 22.2. The highest BCUT2D eigenvalue weighted by Crippen LogP contribution is 2.27. The van der Waals surface area contributed by atoms with Gasteiger partial charge in [-0.2, -0.15) is 0 Å². The summed E-state index contributed by atoms with van der Waals surface area (Å²) in [7, 11) is -0.874. The number of carbonyl (C=O) groups excluding carboxylic acids is 2. The van der Waals surface area contributed by atoms with Crippen LogP contribution in [0.2, 0.25) is 0 Å². The second-order valence-electron chi connectivity index (χ2n) is 5.90. The van der Waals surface area contributed by atoms with E-state index in [1.54, 1.807) is 18.2 Å². The molecule has 0 saturated carbocycles. The Labute approximate surface area is 169 Å². The van der Waals surface area contributed by atoms with Crippen LogP contribution >= 0.6 is 0 Å². The van der Waals surface area contributed by atoms with Crippen LogP contribution in [0.25, 0.3) is 0 Å². The highest BCUT2D eigenvalue weighted by molar-refractivity contribution is 7.89. The third-order valence-electron chi connectivity index (χ3n) is 3.84. The van der Waals surface area contributed by atoms with E-state index in [2.05, 4.69) is 15.4 Å². The summed E-state index contributed by atoms with van der Waals surface area (Å²) in [5.41, 5.74) is 0.725. The molecule has 0 aliphatic carbocycles. The van der Waals surface area contributed by atoms with Crippen LogP contribution in [0.4, 0.5) is 5.69 Å². The molecular formula is C19H23N3O6S. The molecule has 0 unspecified atom stereocenters. The maximum Gasteiger partial charge on any atom is 0.258 e. The van der Waals surface area contributed by atoms with E-state index in [4.69, 9.17) is 9.47 Å². The van der Waals surface area contributed by atoms with Crippen LogP contribution < -0.4 is 24.8 Å². The van der Waals surface area contributed by atoms with Gasteiger partial charge in [0.25, 0.3) is 5.91 Å². The lowest BCUT2D eigenvalue weighted by Gasteiger charge is -2.13. The molecule has 0 aliphatic rings. The molecule has 10 heteroatoms. The Kier molecular flexibility index (Phi) is 7.57. The van der Waals surface area contributed by atoms with Crippen molar-refractivity contribution >= 4 is 27.5 Å². The van der Waals surface area contributed by atoms with E-state index in [-0.39, 0.29) is 29.5 Å². The van der Waals surface area contributed by atoms with Gasteiger partial charge >= 0.3 is 0 Å². The monoisotopic (exact) mass is 421 g/mol. The molecule has 0 saturated heterocycles. The number of ether oxygens (including phenoxy) is 2. The Bertz CT molecular complexity index is 952. The summed E-state index contributed by atoms with van der Waals surface area (Å²) in [4.78, 5) is 23.5. The summed E-state index contributed by atoms with van der Waals surface area (Å²) in [5.74, 6) is 0.00249. The second-order valence-corrected chi connectivity index (χ2v) is 7.66. The van der Waals surface area contributed by atoms with Gasteiger partial charge in [0.15, 0.2) is 0 Å². The Morgan fingerprint density at radius 3 is 2.03 bits per heavy atom. The van der Waals surface area contributed by atoms with Gasteiger partial charge in [-0.05, 0) is 36.4 Å². The Morgan fingerprint density at radius 2 is 1.52 bits per heavy atom. The van der Waals surface area contributed by atoms with Crippen molar-refractivity contribution in [1.29, 1.82) is 0 Å². The number of benzene rings is 2. The molecule has 0 atom stereocenters. The molecule has 0 aromatic heterocycles. The first-order valence-corrected chi connectivity index (χ1v) is 10.1. The highest BCUT2D eigenvalue weighted by Gasteiger charge is 2.18. The van der Waals surface area contributed by atoms with Gasteiger partial charge in [-0.3, -0.25) is 9.59 Å². The fourth-order valence-corrected chi connectivity index (χ4v) is 3.56. The molecule has 156 valence electrons. The summed E-state index contributed by atoms with van der Waals surface area (Å²) in [6.07, 6.45) is 0. The van der Waals surface area contributed by atoms with E-state index in [0.717, 1.165) is 0 Å². The van der Waals surface area contributed by atoms with Crippen molar-refractivity contribution in [3.8, 4) is 11.5 Å². The number of rotatable bonds is 9. The molecule has 29 heavy (non-hydrogen) atoms. The summed E-state index contributed by atoms with van der Waals surface area (Å²) in [6, 6.07) is 10.7. The summed E-state index contributed by atoms with van der Waals surface area (Å²) in [6.45, 7) is 1.41. The van der Waals surface area contributed by atoms with Crippen molar-refractivity contribution in [2.24, 2.45) is 0 Å². The van der Waals surface area contributed by atoms with Crippen LogP contribution in [0, 0.1) is 0 Å². The molecule has 0 fully saturated rings. The summed E-state index contributed by atoms with van der Waals surface area (Å²) in [5, 5.41) is 5.19. The van der Waals surface area contributed by atoms with Crippen molar-refractivity contribution < 1.29 is 27.5 Å². The van der Waals surface area contributed by atoms with Crippen molar-refractivity contribution in [1.82, 2.24) is 10.0 Å². The van der Waals surface area contributed by atoms with Crippen molar-refractivity contribution in [2.75, 3.05) is 32.6 Å². The molecule has 2 aromatic rings. The van der Waals surface area contributed by atoms with E-state index >= 15 is 0 Å². The number of anilines is 1. The SMILES string of the molecule is COc1cccc(OC)c1C(=O)NCCNS(=O)(=O)c1ccc(NC(C)=O)cc1. The quantitative estimate of drug-likeness (QED) is 0.526. The lowest BCUT2D eigenvalue weighted by Crippen LogP contribution is -2.35. The third kappa shape index (κ3) is 5.93. The largest absolute Gasteiger partial charge is 0.496 e. The van der Waals surface area contributed by atoms with Gasteiger partial charge in [-0.25, -0.2) is 13.1 Å². The fourth-order valence-electron chi connectivity index (χ4n) is 2.53. The average molecular weight is 421 g/mol. The van der Waals surface area contributed by atoms with Gasteiger partial charge in [0.05, 0.1) is 19.1 Å². The molecule has 0 heterocycles. The molecule has 0 bridgehead atoms. The minimum atomic E-state index is -3.76. The Morgan fingerprint density at radius 1 is 0.931 bits per heavy atom. The zero-order valence-electron chi connectivity index (χ0n) is 16.3. The number of amides is 2. The van der Waals surface area contributed by atoms with Crippen molar-refractivity contribution in [2.45, 2.75) is 11.8 Å². The van der Waals surface area contributed by atoms with Crippen LogP contribution in [0.3, 0.4) is 0 Å². The minimum Gasteiger partial charge on any atom is -0.496 e. The maximum atomic E-state index is 12.4. The Hall–Kier alpha value is -3.11. The number of carbonyl (C=O) groups is 2. The average Bonchev–Trinajstić information content (AvgIpc) is 2.70. The Balaban J connectivity index is 1.94. The van der Waals surface area contributed by atoms with E-state index in [1.165, 1.54) is 45.4 Å². The molecule has 2 amide bonds. The molecule has 2 aromatic carbocycles. The predicted molar refractivity (Wildman–Crippen MR) is 108 cm³/mol. The van der Waals surface area contributed by atoms with Crippen LogP contribution in [0.15, 0.2) is 47.4 Å². The fraction of sp³-hybridized carbons (Fsp3) is 0.263. The summed E-state index contributed by atoms with van der Waals surface area (Å²) < 4.78 is 37.4. The standard InChI is InChI=1S/C19H23N3O6S/c1-13(23)22-14-7-9-15(10-8-14)29(25,26)21-12-11-20-19(24)18-16(27-2)5-4-6-17(18)28-3/h4-10,21H,11-12H2,1-3H3,(H,20,24)(H,22,23). The maximum absolute atomic E-state index is 12.4. The molecule has 3 N–H and O–H groups in total. The van der Waals surface area contributed by atoms with Gasteiger partial charge < -0.3 is 20.1 Å². The van der Waals surface area contributed by atoms with Crippen LogP contribution in [0.5, 0.6) is 11.5 Å². The number of sulfonamides is 1. The summed E-state index contributed by atoms with van der Waals surface area (Å²) >= 11 is 0. The molecule has 2 rings (SSSR count). The first-order valence-electron chi connectivity index (χ1n) is 8.65. The molecular weight excluding hydrogens is 398 g/mol.